The van der Waals surface area contributed by atoms with Crippen molar-refractivity contribution in [1.29, 1.82) is 0 Å². The number of hydrogen-bond acceptors (Lipinski definition) is 2. The van der Waals surface area contributed by atoms with E-state index in [0.29, 0.717) is 11.2 Å². The highest BCUT2D eigenvalue weighted by Crippen LogP contribution is 2.56. The van der Waals surface area contributed by atoms with Gasteiger partial charge in [0.15, 0.2) is 0 Å². The Hall–Kier alpha value is -0.730. The molecule has 1 saturated carbocycles. The predicted octanol–water partition coefficient (Wildman–Crippen LogP) is 3.81. The second kappa shape index (κ2) is 5.17. The molecular formula is C18H26ClNO. The van der Waals surface area contributed by atoms with Crippen LogP contribution in [0.2, 0.25) is 0 Å². The van der Waals surface area contributed by atoms with Crippen LogP contribution in [0.3, 0.4) is 0 Å². The Bertz CT molecular complexity index is 558. The number of rotatable bonds is 0. The standard InChI is InChI=1S/C18H25NO.ClH/c1-12-9-13-10-16-14-5-3-4-6-18(14,7-8-19(16)2)15(13)11-17(12)20;/h9,11,14,16,20H,3-8,10H2,1-2H3;1H/t14-,16-,18-;/m0./s1. The van der Waals surface area contributed by atoms with Crippen molar-refractivity contribution >= 4 is 12.4 Å². The number of aryl methyl sites for hydroxylation is 1. The maximum Gasteiger partial charge on any atom is 0.118 e. The first kappa shape index (κ1) is 15.2. The van der Waals surface area contributed by atoms with Gasteiger partial charge in [-0.3, -0.25) is 0 Å². The Balaban J connectivity index is 0.00000132. The van der Waals surface area contributed by atoms with Crippen molar-refractivity contribution in [2.45, 2.75) is 56.9 Å². The largest absolute Gasteiger partial charge is 0.508 e. The third kappa shape index (κ3) is 2.03. The lowest BCUT2D eigenvalue weighted by Crippen LogP contribution is -2.59. The maximum absolute atomic E-state index is 10.2. The lowest BCUT2D eigenvalue weighted by atomic mass is 9.52. The van der Waals surface area contributed by atoms with Gasteiger partial charge in [-0.1, -0.05) is 18.9 Å². The van der Waals surface area contributed by atoms with Crippen LogP contribution in [0.5, 0.6) is 5.75 Å². The van der Waals surface area contributed by atoms with Crippen LogP contribution >= 0.6 is 12.4 Å². The van der Waals surface area contributed by atoms with Gasteiger partial charge in [0.25, 0.3) is 0 Å². The SMILES string of the molecule is Cc1cc2c(cc1O)[C@]13CCCC[C@H]1[C@H](C2)N(C)CC3.Cl. The van der Waals surface area contributed by atoms with Gasteiger partial charge < -0.3 is 10.0 Å². The summed E-state index contributed by atoms with van der Waals surface area (Å²) >= 11 is 0. The number of fused-ring (bicyclic) bond motifs is 1. The number of halogens is 1. The maximum atomic E-state index is 10.2. The van der Waals surface area contributed by atoms with Crippen molar-refractivity contribution in [2.75, 3.05) is 13.6 Å². The van der Waals surface area contributed by atoms with Gasteiger partial charge in [-0.15, -0.1) is 12.4 Å². The van der Waals surface area contributed by atoms with Crippen LogP contribution in [0.15, 0.2) is 12.1 Å². The zero-order chi connectivity index (χ0) is 13.9. The number of hydrogen-bond donors (Lipinski definition) is 1. The molecular weight excluding hydrogens is 282 g/mol. The summed E-state index contributed by atoms with van der Waals surface area (Å²) in [6.07, 6.45) is 7.92. The summed E-state index contributed by atoms with van der Waals surface area (Å²) in [5.41, 5.74) is 4.41. The topological polar surface area (TPSA) is 23.5 Å². The molecule has 2 nitrogen and oxygen atoms in total. The van der Waals surface area contributed by atoms with Crippen molar-refractivity contribution in [3.05, 3.63) is 28.8 Å². The molecule has 116 valence electrons. The minimum absolute atomic E-state index is 0. The molecule has 21 heavy (non-hydrogen) atoms. The minimum atomic E-state index is 0. The molecule has 2 aliphatic carbocycles. The van der Waals surface area contributed by atoms with Crippen LogP contribution < -0.4 is 0 Å². The molecule has 2 bridgehead atoms. The van der Waals surface area contributed by atoms with Gasteiger partial charge in [0.05, 0.1) is 0 Å². The smallest absolute Gasteiger partial charge is 0.118 e. The van der Waals surface area contributed by atoms with E-state index in [9.17, 15) is 5.11 Å². The third-order valence-corrected chi connectivity index (χ3v) is 6.43. The van der Waals surface area contributed by atoms with Crippen molar-refractivity contribution in [2.24, 2.45) is 5.92 Å². The average Bonchev–Trinajstić information content (AvgIpc) is 2.45. The van der Waals surface area contributed by atoms with Gasteiger partial charge in [0.1, 0.15) is 5.75 Å². The van der Waals surface area contributed by atoms with Gasteiger partial charge >= 0.3 is 0 Å². The number of phenolic OH excluding ortho intramolecular Hbond substituents is 1. The van der Waals surface area contributed by atoms with E-state index in [4.69, 9.17) is 0 Å². The fraction of sp³-hybridized carbons (Fsp3) is 0.667. The zero-order valence-electron chi connectivity index (χ0n) is 13.1. The van der Waals surface area contributed by atoms with Gasteiger partial charge in [0, 0.05) is 11.5 Å². The Morgan fingerprint density at radius 1 is 1.24 bits per heavy atom. The lowest BCUT2D eigenvalue weighted by Gasteiger charge is -2.58. The molecule has 0 spiro atoms. The summed E-state index contributed by atoms with van der Waals surface area (Å²) in [6.45, 7) is 3.25. The second-order valence-electron chi connectivity index (χ2n) is 7.31. The van der Waals surface area contributed by atoms with Crippen LogP contribution in [0.1, 0.15) is 48.8 Å². The molecule has 1 aromatic carbocycles. The third-order valence-electron chi connectivity index (χ3n) is 6.43. The van der Waals surface area contributed by atoms with Crippen LogP contribution in [0.4, 0.5) is 0 Å². The highest BCUT2D eigenvalue weighted by atomic mass is 35.5. The fourth-order valence-corrected chi connectivity index (χ4v) is 5.37. The van der Waals surface area contributed by atoms with E-state index in [1.165, 1.54) is 56.2 Å². The van der Waals surface area contributed by atoms with Gasteiger partial charge in [-0.05, 0) is 74.9 Å². The average molecular weight is 308 g/mol. The molecule has 1 aliphatic heterocycles. The first-order valence-corrected chi connectivity index (χ1v) is 8.15. The Morgan fingerprint density at radius 3 is 2.86 bits per heavy atom. The van der Waals surface area contributed by atoms with E-state index in [1.807, 2.05) is 6.92 Å². The van der Waals surface area contributed by atoms with Crippen molar-refractivity contribution in [1.82, 2.24) is 4.90 Å². The number of likely N-dealkylation sites (tertiary alicyclic amines) is 1. The number of likely N-dealkylation sites (N-methyl/N-ethyl adjacent to an activating group) is 1. The van der Waals surface area contributed by atoms with E-state index in [-0.39, 0.29) is 12.4 Å². The molecule has 3 aliphatic rings. The highest BCUT2D eigenvalue weighted by molar-refractivity contribution is 5.85. The molecule has 1 heterocycles. The molecule has 0 amide bonds. The van der Waals surface area contributed by atoms with Crippen LogP contribution in [0, 0.1) is 12.8 Å². The van der Waals surface area contributed by atoms with Crippen LogP contribution in [-0.4, -0.2) is 29.6 Å². The summed E-state index contributed by atoms with van der Waals surface area (Å²) in [7, 11) is 2.31. The lowest BCUT2D eigenvalue weighted by molar-refractivity contribution is 0.00271. The zero-order valence-corrected chi connectivity index (χ0v) is 13.9. The van der Waals surface area contributed by atoms with Crippen molar-refractivity contribution < 1.29 is 5.11 Å². The van der Waals surface area contributed by atoms with E-state index in [1.54, 1.807) is 0 Å². The molecule has 3 atom stereocenters. The summed E-state index contributed by atoms with van der Waals surface area (Å²) in [5.74, 6) is 1.31. The molecule has 3 heteroatoms. The number of piperidine rings is 1. The summed E-state index contributed by atoms with van der Waals surface area (Å²) < 4.78 is 0. The quantitative estimate of drug-likeness (QED) is 0.788. The molecule has 4 rings (SSSR count). The van der Waals surface area contributed by atoms with Crippen LogP contribution in [-0.2, 0) is 11.8 Å². The molecule has 0 aromatic heterocycles. The van der Waals surface area contributed by atoms with Crippen molar-refractivity contribution in [3.8, 4) is 5.75 Å². The van der Waals surface area contributed by atoms with Gasteiger partial charge in [0.2, 0.25) is 0 Å². The first-order chi connectivity index (χ1) is 9.62. The molecule has 1 N–H and O–H groups in total. The summed E-state index contributed by atoms with van der Waals surface area (Å²) in [5, 5.41) is 10.2. The monoisotopic (exact) mass is 307 g/mol. The van der Waals surface area contributed by atoms with E-state index >= 15 is 0 Å². The first-order valence-electron chi connectivity index (χ1n) is 8.15. The summed E-state index contributed by atoms with van der Waals surface area (Å²) in [4.78, 5) is 2.60. The molecule has 0 radical (unpaired) electrons. The molecule has 0 unspecified atom stereocenters. The highest BCUT2D eigenvalue weighted by Gasteiger charge is 2.53. The fourth-order valence-electron chi connectivity index (χ4n) is 5.37. The van der Waals surface area contributed by atoms with Gasteiger partial charge in [-0.2, -0.15) is 0 Å². The minimum Gasteiger partial charge on any atom is -0.508 e. The van der Waals surface area contributed by atoms with Gasteiger partial charge in [-0.25, -0.2) is 0 Å². The molecule has 2 fully saturated rings. The predicted molar refractivity (Wildman–Crippen MR) is 88.5 cm³/mol. The molecule has 1 aromatic rings. The Labute approximate surface area is 134 Å². The Morgan fingerprint density at radius 2 is 2.05 bits per heavy atom. The Kier molecular flexibility index (Phi) is 3.74. The normalized spacial score (nSPS) is 34.6. The van der Waals surface area contributed by atoms with E-state index in [0.717, 1.165) is 17.5 Å². The second-order valence-corrected chi connectivity index (χ2v) is 7.31. The van der Waals surface area contributed by atoms with Crippen molar-refractivity contribution in [3.63, 3.8) is 0 Å². The summed E-state index contributed by atoms with van der Waals surface area (Å²) in [6, 6.07) is 5.09. The van der Waals surface area contributed by atoms with E-state index in [2.05, 4.69) is 24.1 Å². The number of aromatic hydroxyl groups is 1. The van der Waals surface area contributed by atoms with Crippen LogP contribution in [0.25, 0.3) is 0 Å². The number of benzene rings is 1. The number of phenols is 1. The van der Waals surface area contributed by atoms with E-state index < -0.39 is 0 Å². The molecule has 1 saturated heterocycles. The number of nitrogens with zero attached hydrogens (tertiary/aromatic N) is 1.